The van der Waals surface area contributed by atoms with Crippen LogP contribution in [0.4, 0.5) is 0 Å². The third kappa shape index (κ3) is 1.26. The molecule has 0 N–H and O–H groups in total. The van der Waals surface area contributed by atoms with Crippen molar-refractivity contribution in [3.63, 3.8) is 0 Å². The van der Waals surface area contributed by atoms with Crippen molar-refractivity contribution in [1.82, 2.24) is 9.13 Å². The average Bonchev–Trinajstić information content (AvgIpc) is 2.34. The molecule has 1 aromatic heterocycles. The number of nitrogens with zero attached hydrogens (tertiary/aromatic N) is 2. The zero-order valence-corrected chi connectivity index (χ0v) is 10.9. The average molecular weight is 244 g/mol. The van der Waals surface area contributed by atoms with Crippen molar-refractivity contribution in [3.8, 4) is 0 Å². The monoisotopic (exact) mass is 244 g/mol. The van der Waals surface area contributed by atoms with Crippen LogP contribution >= 0.6 is 0 Å². The Kier molecular flexibility index (Phi) is 2.09. The summed E-state index contributed by atoms with van der Waals surface area (Å²) in [4.78, 5) is 23.9. The molecule has 2 aromatic rings. The molecule has 2 heterocycles. The Hall–Kier alpha value is -1.84. The van der Waals surface area contributed by atoms with E-state index in [4.69, 9.17) is 0 Å². The fraction of sp³-hybridized carbons (Fsp3) is 0.429. The SMILES string of the molecule is Cn1c(=O)c(=O)n2c3c(cccc31)C(C)(C)CC2. The van der Waals surface area contributed by atoms with Crippen molar-refractivity contribution in [2.75, 3.05) is 0 Å². The zero-order valence-electron chi connectivity index (χ0n) is 10.9. The van der Waals surface area contributed by atoms with Crippen LogP contribution in [0.5, 0.6) is 0 Å². The molecule has 94 valence electrons. The summed E-state index contributed by atoms with van der Waals surface area (Å²) in [7, 11) is 1.66. The normalized spacial score (nSPS) is 17.1. The Morgan fingerprint density at radius 1 is 1.17 bits per heavy atom. The predicted octanol–water partition coefficient (Wildman–Crippen LogP) is 1.38. The van der Waals surface area contributed by atoms with Crippen LogP contribution in [0, 0.1) is 0 Å². The van der Waals surface area contributed by atoms with E-state index in [2.05, 4.69) is 19.9 Å². The van der Waals surface area contributed by atoms with Gasteiger partial charge in [-0.25, -0.2) is 0 Å². The minimum absolute atomic E-state index is 0.0450. The van der Waals surface area contributed by atoms with Gasteiger partial charge < -0.3 is 9.13 Å². The van der Waals surface area contributed by atoms with Crippen molar-refractivity contribution in [2.24, 2.45) is 7.05 Å². The topological polar surface area (TPSA) is 44.0 Å². The van der Waals surface area contributed by atoms with Crippen LogP contribution in [0.1, 0.15) is 25.8 Å². The van der Waals surface area contributed by atoms with Gasteiger partial charge in [-0.3, -0.25) is 9.59 Å². The number of rotatable bonds is 0. The molecule has 1 aliphatic rings. The molecule has 1 aliphatic heterocycles. The largest absolute Gasteiger partial charge is 0.316 e. The molecule has 1 aromatic carbocycles. The first-order valence-electron chi connectivity index (χ1n) is 6.16. The van der Waals surface area contributed by atoms with E-state index >= 15 is 0 Å². The number of para-hydroxylation sites is 1. The highest BCUT2D eigenvalue weighted by atomic mass is 16.2. The molecule has 0 unspecified atom stereocenters. The fourth-order valence-corrected chi connectivity index (χ4v) is 2.84. The molecule has 0 atom stereocenters. The van der Waals surface area contributed by atoms with Crippen molar-refractivity contribution >= 4 is 11.0 Å². The molecule has 3 rings (SSSR count). The van der Waals surface area contributed by atoms with E-state index in [0.717, 1.165) is 23.0 Å². The molecule has 0 amide bonds. The van der Waals surface area contributed by atoms with Crippen molar-refractivity contribution in [2.45, 2.75) is 32.2 Å². The van der Waals surface area contributed by atoms with Crippen molar-refractivity contribution in [3.05, 3.63) is 44.5 Å². The maximum Gasteiger partial charge on any atom is 0.316 e. The Morgan fingerprint density at radius 3 is 2.61 bits per heavy atom. The molecule has 0 radical (unpaired) electrons. The van der Waals surface area contributed by atoms with Crippen molar-refractivity contribution in [1.29, 1.82) is 0 Å². The van der Waals surface area contributed by atoms with Gasteiger partial charge in [0.25, 0.3) is 0 Å². The molecule has 18 heavy (non-hydrogen) atoms. The van der Waals surface area contributed by atoms with Gasteiger partial charge in [0.2, 0.25) is 0 Å². The first-order chi connectivity index (χ1) is 8.43. The Labute approximate surface area is 104 Å². The number of aromatic nitrogens is 2. The molecule has 0 bridgehead atoms. The van der Waals surface area contributed by atoms with Gasteiger partial charge in [0, 0.05) is 13.6 Å². The molecule has 0 spiro atoms. The number of hydrogen-bond acceptors (Lipinski definition) is 2. The molecule has 0 fully saturated rings. The van der Waals surface area contributed by atoms with Crippen molar-refractivity contribution < 1.29 is 0 Å². The van der Waals surface area contributed by atoms with Gasteiger partial charge in [0.15, 0.2) is 0 Å². The van der Waals surface area contributed by atoms with E-state index in [1.54, 1.807) is 11.6 Å². The molecule has 0 saturated carbocycles. The minimum Gasteiger partial charge on any atom is -0.305 e. The second-order valence-electron chi connectivity index (χ2n) is 5.63. The summed E-state index contributed by atoms with van der Waals surface area (Å²) in [5, 5.41) is 0. The summed E-state index contributed by atoms with van der Waals surface area (Å²) < 4.78 is 3.09. The Balaban J connectivity index is 2.64. The van der Waals surface area contributed by atoms with E-state index in [0.29, 0.717) is 6.54 Å². The van der Waals surface area contributed by atoms with Gasteiger partial charge in [0.05, 0.1) is 11.0 Å². The summed E-state index contributed by atoms with van der Waals surface area (Å²) in [5.41, 5.74) is 2.10. The Bertz CT molecular complexity index is 766. The van der Waals surface area contributed by atoms with Gasteiger partial charge in [-0.2, -0.15) is 0 Å². The molecular weight excluding hydrogens is 228 g/mol. The first kappa shape index (κ1) is 11.3. The summed E-state index contributed by atoms with van der Waals surface area (Å²) in [6.07, 6.45) is 0.881. The first-order valence-corrected chi connectivity index (χ1v) is 6.16. The standard InChI is InChI=1S/C14H16N2O2/c1-14(2)7-8-16-11-9(14)5-4-6-10(11)15(3)12(17)13(16)18/h4-6H,7-8H2,1-3H3. The van der Waals surface area contributed by atoms with Crippen LogP contribution in [0.25, 0.3) is 11.0 Å². The zero-order chi connectivity index (χ0) is 13.1. The lowest BCUT2D eigenvalue weighted by molar-refractivity contribution is 0.415. The highest BCUT2D eigenvalue weighted by Crippen LogP contribution is 2.35. The molecule has 4 nitrogen and oxygen atoms in total. The Morgan fingerprint density at radius 2 is 1.89 bits per heavy atom. The van der Waals surface area contributed by atoms with Crippen LogP contribution in [0.3, 0.4) is 0 Å². The van der Waals surface area contributed by atoms with Gasteiger partial charge >= 0.3 is 11.1 Å². The quantitative estimate of drug-likeness (QED) is 0.657. The highest BCUT2D eigenvalue weighted by molar-refractivity contribution is 5.80. The lowest BCUT2D eigenvalue weighted by Gasteiger charge is -2.33. The molecular formula is C14H16N2O2. The van der Waals surface area contributed by atoms with Gasteiger partial charge in [0.1, 0.15) is 0 Å². The molecule has 0 aliphatic carbocycles. The minimum atomic E-state index is -0.445. The van der Waals surface area contributed by atoms with Crippen LogP contribution in [0.15, 0.2) is 27.8 Å². The van der Waals surface area contributed by atoms with E-state index in [1.807, 2.05) is 12.1 Å². The lowest BCUT2D eigenvalue weighted by atomic mass is 9.78. The number of hydrogen-bond donors (Lipinski definition) is 0. The fourth-order valence-electron chi connectivity index (χ4n) is 2.84. The summed E-state index contributed by atoms with van der Waals surface area (Å²) in [5.74, 6) is 0. The third-order valence-corrected chi connectivity index (χ3v) is 4.07. The van der Waals surface area contributed by atoms with E-state index in [1.165, 1.54) is 4.57 Å². The molecule has 0 saturated heterocycles. The summed E-state index contributed by atoms with van der Waals surface area (Å²) in [6.45, 7) is 4.98. The second-order valence-corrected chi connectivity index (χ2v) is 5.63. The van der Waals surface area contributed by atoms with E-state index in [-0.39, 0.29) is 5.41 Å². The smallest absolute Gasteiger partial charge is 0.305 e. The summed E-state index contributed by atoms with van der Waals surface area (Å²) >= 11 is 0. The van der Waals surface area contributed by atoms with Gasteiger partial charge in [-0.15, -0.1) is 0 Å². The highest BCUT2D eigenvalue weighted by Gasteiger charge is 2.29. The van der Waals surface area contributed by atoms with Gasteiger partial charge in [-0.1, -0.05) is 26.0 Å². The van der Waals surface area contributed by atoms with Crippen LogP contribution < -0.4 is 11.1 Å². The maximum absolute atomic E-state index is 12.1. The van der Waals surface area contributed by atoms with Gasteiger partial charge in [-0.05, 0) is 23.5 Å². The summed E-state index contributed by atoms with van der Waals surface area (Å²) in [6, 6.07) is 5.92. The van der Waals surface area contributed by atoms with Crippen LogP contribution in [0.2, 0.25) is 0 Å². The predicted molar refractivity (Wildman–Crippen MR) is 71.1 cm³/mol. The van der Waals surface area contributed by atoms with Crippen LogP contribution in [-0.4, -0.2) is 9.13 Å². The second kappa shape index (κ2) is 3.34. The van der Waals surface area contributed by atoms with Crippen LogP contribution in [-0.2, 0) is 19.0 Å². The van der Waals surface area contributed by atoms with E-state index in [9.17, 15) is 9.59 Å². The van der Waals surface area contributed by atoms with E-state index < -0.39 is 11.1 Å². The number of benzene rings is 1. The lowest BCUT2D eigenvalue weighted by Crippen LogP contribution is -2.43. The molecule has 4 heteroatoms. The number of aryl methyl sites for hydroxylation is 2. The maximum atomic E-state index is 12.1. The third-order valence-electron chi connectivity index (χ3n) is 4.07.